The topological polar surface area (TPSA) is 125 Å². The van der Waals surface area contributed by atoms with Gasteiger partial charge in [0.05, 0.1) is 6.54 Å². The number of alkyl carbamates (subject to hydrolysis) is 1. The summed E-state index contributed by atoms with van der Waals surface area (Å²) in [5.74, 6) is -2.32. The Bertz CT molecular complexity index is 1050. The van der Waals surface area contributed by atoms with Crippen LogP contribution in [0.1, 0.15) is 37.9 Å². The fourth-order valence-electron chi connectivity index (χ4n) is 3.61. The van der Waals surface area contributed by atoms with Crippen LogP contribution in [0.25, 0.3) is 0 Å². The van der Waals surface area contributed by atoms with Crippen molar-refractivity contribution >= 4 is 29.6 Å². The first-order valence-electron chi connectivity index (χ1n) is 10.5. The van der Waals surface area contributed by atoms with Crippen LogP contribution < -0.4 is 15.5 Å². The van der Waals surface area contributed by atoms with Gasteiger partial charge < -0.3 is 20.5 Å². The highest BCUT2D eigenvalue weighted by Crippen LogP contribution is 2.32. The molecule has 0 spiro atoms. The molecule has 2 atom stereocenters. The second kappa shape index (κ2) is 9.72. The number of carbonyl (C=O) groups is 4. The maximum atomic E-state index is 13.0. The fraction of sp³-hybridized carbons (Fsp3) is 0.333. The Kier molecular flexibility index (Phi) is 7.01. The van der Waals surface area contributed by atoms with Gasteiger partial charge in [-0.1, -0.05) is 48.5 Å². The SMILES string of the molecule is CC(C)(C)OC(=O)N[C@H](C(=O)NCC(=O)N1c2ccccc2CC1C(=O)O)c1ccccc1. The van der Waals surface area contributed by atoms with Crippen LogP contribution >= 0.6 is 0 Å². The predicted molar refractivity (Wildman–Crippen MR) is 121 cm³/mol. The number of amides is 3. The van der Waals surface area contributed by atoms with Gasteiger partial charge in [-0.15, -0.1) is 0 Å². The zero-order valence-corrected chi connectivity index (χ0v) is 18.7. The molecule has 9 nitrogen and oxygen atoms in total. The standard InChI is InChI=1S/C24H27N3O6/c1-24(2,3)33-23(32)26-20(15-9-5-4-6-10-15)21(29)25-14-19(28)27-17-12-8-7-11-16(17)13-18(27)22(30)31/h4-12,18,20H,13-14H2,1-3H3,(H,25,29)(H,26,32)(H,30,31)/t18?,20-/m0/s1. The molecule has 3 amide bonds. The van der Waals surface area contributed by atoms with E-state index in [0.29, 0.717) is 11.3 Å². The molecule has 2 aromatic rings. The Morgan fingerprint density at radius 3 is 2.33 bits per heavy atom. The number of ether oxygens (including phenoxy) is 1. The molecule has 0 saturated heterocycles. The quantitative estimate of drug-likeness (QED) is 0.617. The summed E-state index contributed by atoms with van der Waals surface area (Å²) in [6.45, 7) is 4.68. The van der Waals surface area contributed by atoms with Crippen LogP contribution in [0.15, 0.2) is 54.6 Å². The monoisotopic (exact) mass is 453 g/mol. The summed E-state index contributed by atoms with van der Waals surface area (Å²) < 4.78 is 5.26. The van der Waals surface area contributed by atoms with Gasteiger partial charge in [0, 0.05) is 12.1 Å². The van der Waals surface area contributed by atoms with E-state index in [1.165, 1.54) is 4.90 Å². The minimum Gasteiger partial charge on any atom is -0.480 e. The van der Waals surface area contributed by atoms with Crippen LogP contribution in [0.3, 0.4) is 0 Å². The average molecular weight is 453 g/mol. The lowest BCUT2D eigenvalue weighted by molar-refractivity contribution is -0.139. The average Bonchev–Trinajstić information content (AvgIpc) is 3.15. The number of benzene rings is 2. The maximum Gasteiger partial charge on any atom is 0.408 e. The largest absolute Gasteiger partial charge is 0.480 e. The first-order valence-corrected chi connectivity index (χ1v) is 10.5. The Morgan fingerprint density at radius 1 is 1.06 bits per heavy atom. The molecular weight excluding hydrogens is 426 g/mol. The van der Waals surface area contributed by atoms with E-state index in [0.717, 1.165) is 5.56 Å². The number of fused-ring (bicyclic) bond motifs is 1. The minimum atomic E-state index is -1.13. The molecule has 3 N–H and O–H groups in total. The zero-order valence-electron chi connectivity index (χ0n) is 18.7. The van der Waals surface area contributed by atoms with E-state index in [-0.39, 0.29) is 6.42 Å². The van der Waals surface area contributed by atoms with Crippen LogP contribution in [-0.2, 0) is 25.5 Å². The van der Waals surface area contributed by atoms with Gasteiger partial charge in [-0.05, 0) is 38.0 Å². The number of hydrogen-bond acceptors (Lipinski definition) is 5. The summed E-state index contributed by atoms with van der Waals surface area (Å²) in [7, 11) is 0. The molecule has 1 unspecified atom stereocenters. The smallest absolute Gasteiger partial charge is 0.408 e. The van der Waals surface area contributed by atoms with Crippen molar-refractivity contribution in [2.24, 2.45) is 0 Å². The summed E-state index contributed by atoms with van der Waals surface area (Å²) in [6, 6.07) is 13.3. The fourth-order valence-corrected chi connectivity index (χ4v) is 3.61. The lowest BCUT2D eigenvalue weighted by Gasteiger charge is -2.25. The van der Waals surface area contributed by atoms with E-state index >= 15 is 0 Å². The van der Waals surface area contributed by atoms with Crippen LogP contribution in [0.2, 0.25) is 0 Å². The number of aliphatic carboxylic acids is 1. The molecule has 1 aliphatic rings. The lowest BCUT2D eigenvalue weighted by atomic mass is 10.1. The van der Waals surface area contributed by atoms with Crippen LogP contribution in [-0.4, -0.2) is 47.2 Å². The molecule has 0 radical (unpaired) electrons. The zero-order chi connectivity index (χ0) is 24.2. The van der Waals surface area contributed by atoms with Crippen LogP contribution in [0.5, 0.6) is 0 Å². The molecule has 174 valence electrons. The Morgan fingerprint density at radius 2 is 1.70 bits per heavy atom. The molecular formula is C24H27N3O6. The third-order valence-corrected chi connectivity index (χ3v) is 5.00. The van der Waals surface area contributed by atoms with Crippen molar-refractivity contribution in [3.8, 4) is 0 Å². The summed E-state index contributed by atoms with van der Waals surface area (Å²) in [5.41, 5.74) is 1.00. The van der Waals surface area contributed by atoms with E-state index < -0.39 is 48.1 Å². The molecule has 0 aliphatic carbocycles. The van der Waals surface area contributed by atoms with E-state index in [2.05, 4.69) is 10.6 Å². The number of nitrogens with zero attached hydrogens (tertiary/aromatic N) is 1. The lowest BCUT2D eigenvalue weighted by Crippen LogP contribution is -2.49. The predicted octanol–water partition coefficient (Wildman–Crippen LogP) is 2.41. The van der Waals surface area contributed by atoms with Crippen molar-refractivity contribution < 1.29 is 29.0 Å². The Hall–Kier alpha value is -3.88. The van der Waals surface area contributed by atoms with Crippen molar-refractivity contribution in [3.05, 3.63) is 65.7 Å². The van der Waals surface area contributed by atoms with Crippen LogP contribution in [0, 0.1) is 0 Å². The first-order chi connectivity index (χ1) is 15.6. The molecule has 33 heavy (non-hydrogen) atoms. The van der Waals surface area contributed by atoms with Crippen molar-refractivity contribution in [2.75, 3.05) is 11.4 Å². The number of anilines is 1. The highest BCUT2D eigenvalue weighted by Gasteiger charge is 2.38. The molecule has 1 aliphatic heterocycles. The summed E-state index contributed by atoms with van der Waals surface area (Å²) in [4.78, 5) is 51.1. The number of carbonyl (C=O) groups excluding carboxylic acids is 3. The van der Waals surface area contributed by atoms with Gasteiger partial charge in [0.2, 0.25) is 11.8 Å². The molecule has 0 bridgehead atoms. The molecule has 3 rings (SSSR count). The van der Waals surface area contributed by atoms with E-state index in [1.54, 1.807) is 75.4 Å². The maximum absolute atomic E-state index is 13.0. The molecule has 9 heteroatoms. The van der Waals surface area contributed by atoms with Gasteiger partial charge in [0.15, 0.2) is 0 Å². The first kappa shape index (κ1) is 23.8. The number of carboxylic acid groups (broad SMARTS) is 1. The van der Waals surface area contributed by atoms with Gasteiger partial charge in [0.25, 0.3) is 0 Å². The van der Waals surface area contributed by atoms with Crippen molar-refractivity contribution in [1.29, 1.82) is 0 Å². The van der Waals surface area contributed by atoms with Crippen LogP contribution in [0.4, 0.5) is 10.5 Å². The Balaban J connectivity index is 1.73. The van der Waals surface area contributed by atoms with Gasteiger partial charge in [-0.2, -0.15) is 0 Å². The second-order valence-corrected chi connectivity index (χ2v) is 8.66. The number of para-hydroxylation sites is 1. The summed E-state index contributed by atoms with van der Waals surface area (Å²) in [6.07, 6.45) is -0.588. The van der Waals surface area contributed by atoms with E-state index in [4.69, 9.17) is 4.74 Å². The molecule has 1 heterocycles. The number of hydrogen-bond donors (Lipinski definition) is 3. The number of nitrogens with one attached hydrogen (secondary N) is 2. The second-order valence-electron chi connectivity index (χ2n) is 8.66. The number of carboxylic acids is 1. The Labute approximate surface area is 191 Å². The molecule has 0 saturated carbocycles. The third kappa shape index (κ3) is 5.88. The van der Waals surface area contributed by atoms with Gasteiger partial charge >= 0.3 is 12.1 Å². The third-order valence-electron chi connectivity index (χ3n) is 5.00. The van der Waals surface area contributed by atoms with Gasteiger partial charge in [-0.25, -0.2) is 9.59 Å². The highest BCUT2D eigenvalue weighted by molar-refractivity contribution is 6.04. The van der Waals surface area contributed by atoms with Crippen molar-refractivity contribution in [1.82, 2.24) is 10.6 Å². The van der Waals surface area contributed by atoms with E-state index in [9.17, 15) is 24.3 Å². The van der Waals surface area contributed by atoms with E-state index in [1.807, 2.05) is 0 Å². The minimum absolute atomic E-state index is 0.192. The van der Waals surface area contributed by atoms with Crippen molar-refractivity contribution in [3.63, 3.8) is 0 Å². The molecule has 2 aromatic carbocycles. The van der Waals surface area contributed by atoms with Gasteiger partial charge in [0.1, 0.15) is 17.7 Å². The summed E-state index contributed by atoms with van der Waals surface area (Å²) in [5, 5.41) is 14.6. The van der Waals surface area contributed by atoms with Gasteiger partial charge in [-0.3, -0.25) is 14.5 Å². The molecule has 0 fully saturated rings. The summed E-state index contributed by atoms with van der Waals surface area (Å²) >= 11 is 0. The normalized spacial score (nSPS) is 15.8. The highest BCUT2D eigenvalue weighted by atomic mass is 16.6. The number of rotatable bonds is 6. The molecule has 0 aromatic heterocycles. The van der Waals surface area contributed by atoms with Crippen molar-refractivity contribution in [2.45, 2.75) is 44.9 Å².